The van der Waals surface area contributed by atoms with Crippen LogP contribution < -0.4 is 0 Å². The minimum Gasteiger partial charge on any atom is -0.462 e. The molecular formula is C24H46O3Si. The van der Waals surface area contributed by atoms with Crippen molar-refractivity contribution >= 4 is 14.3 Å². The molecule has 28 heavy (non-hydrogen) atoms. The molecule has 0 spiro atoms. The maximum absolute atomic E-state index is 12.2. The van der Waals surface area contributed by atoms with E-state index in [9.17, 15) is 4.79 Å². The topological polar surface area (TPSA) is 35.5 Å². The van der Waals surface area contributed by atoms with Crippen molar-refractivity contribution in [2.24, 2.45) is 0 Å². The van der Waals surface area contributed by atoms with Gasteiger partial charge >= 0.3 is 5.97 Å². The van der Waals surface area contributed by atoms with Crippen LogP contribution in [0.15, 0.2) is 12.2 Å². The summed E-state index contributed by atoms with van der Waals surface area (Å²) in [5.74, 6) is -0.0303. The van der Waals surface area contributed by atoms with Crippen LogP contribution in [0.25, 0.3) is 0 Å². The van der Waals surface area contributed by atoms with E-state index < -0.39 is 8.32 Å². The van der Waals surface area contributed by atoms with E-state index in [1.807, 2.05) is 0 Å². The Bertz CT molecular complexity index is 465. The maximum Gasteiger partial charge on any atom is 0.306 e. The van der Waals surface area contributed by atoms with Crippen LogP contribution in [0.1, 0.15) is 105 Å². The summed E-state index contributed by atoms with van der Waals surface area (Å²) in [7, 11) is -1.75. The Morgan fingerprint density at radius 2 is 1.82 bits per heavy atom. The first-order chi connectivity index (χ1) is 13.2. The quantitative estimate of drug-likeness (QED) is 0.196. The highest BCUT2D eigenvalue weighted by Crippen LogP contribution is 2.38. The number of carbonyl (C=O) groups excluding carboxylic acids is 1. The average molecular weight is 411 g/mol. The molecule has 0 saturated heterocycles. The molecule has 0 amide bonds. The summed E-state index contributed by atoms with van der Waals surface area (Å²) in [6.45, 7) is 13.8. The van der Waals surface area contributed by atoms with Crippen LogP contribution in [0, 0.1) is 0 Å². The van der Waals surface area contributed by atoms with Gasteiger partial charge in [-0.05, 0) is 63.1 Å². The Morgan fingerprint density at radius 1 is 1.11 bits per heavy atom. The van der Waals surface area contributed by atoms with Crippen molar-refractivity contribution in [1.29, 1.82) is 0 Å². The highest BCUT2D eigenvalue weighted by atomic mass is 28.4. The molecule has 1 aliphatic rings. The Labute approximate surface area is 175 Å². The fourth-order valence-corrected chi connectivity index (χ4v) is 4.84. The molecule has 0 unspecified atom stereocenters. The Morgan fingerprint density at radius 3 is 2.50 bits per heavy atom. The lowest BCUT2D eigenvalue weighted by molar-refractivity contribution is -0.149. The summed E-state index contributed by atoms with van der Waals surface area (Å²) < 4.78 is 12.5. The molecule has 0 aliphatic carbocycles. The molecule has 0 fully saturated rings. The predicted octanol–water partition coefficient (Wildman–Crippen LogP) is 7.56. The SMILES string of the molecule is CCCCC[C@@H]1CCCCC[C@@H](O[Si](C)(C)C(C)(C)C)C/C=C/CCC(=O)O1. The third-order valence-corrected chi connectivity index (χ3v) is 10.9. The van der Waals surface area contributed by atoms with Gasteiger partial charge in [0.05, 0.1) is 0 Å². The van der Waals surface area contributed by atoms with Gasteiger partial charge in [0.15, 0.2) is 8.32 Å². The molecule has 3 nitrogen and oxygen atoms in total. The Hall–Kier alpha value is -0.613. The van der Waals surface area contributed by atoms with Crippen molar-refractivity contribution in [2.75, 3.05) is 0 Å². The smallest absolute Gasteiger partial charge is 0.306 e. The lowest BCUT2D eigenvalue weighted by Gasteiger charge is -2.39. The van der Waals surface area contributed by atoms with Crippen LogP contribution in [0.2, 0.25) is 18.1 Å². The number of allylic oxidation sites excluding steroid dienone is 1. The minimum absolute atomic E-state index is 0.0303. The van der Waals surface area contributed by atoms with Crippen molar-refractivity contribution in [2.45, 2.75) is 135 Å². The van der Waals surface area contributed by atoms with Crippen LogP contribution in [0.3, 0.4) is 0 Å². The van der Waals surface area contributed by atoms with Crippen LogP contribution in [-0.2, 0) is 14.0 Å². The summed E-state index contributed by atoms with van der Waals surface area (Å²) in [6.07, 6.45) is 17.3. The number of cyclic esters (lactones) is 1. The molecule has 0 bridgehead atoms. The van der Waals surface area contributed by atoms with Crippen LogP contribution in [-0.4, -0.2) is 26.5 Å². The number of unbranched alkanes of at least 4 members (excludes halogenated alkanes) is 2. The number of hydrogen-bond donors (Lipinski definition) is 0. The average Bonchev–Trinajstić information content (AvgIpc) is 2.59. The first kappa shape index (κ1) is 25.4. The standard InChI is InChI=1S/C24H46O3Si/c1-7-8-11-16-21-17-12-9-13-18-22(27-28(5,6)24(2,3)4)19-14-10-15-20-23(25)26-21/h10,14,21-22H,7-9,11-13,15-20H2,1-6H3/b14-10+/t21-,22-/m1/s1. The van der Waals surface area contributed by atoms with Crippen molar-refractivity contribution in [3.05, 3.63) is 12.2 Å². The summed E-state index contributed by atoms with van der Waals surface area (Å²) in [6, 6.07) is 0. The molecule has 0 radical (unpaired) electrons. The van der Waals surface area contributed by atoms with E-state index >= 15 is 0 Å². The lowest BCUT2D eigenvalue weighted by Crippen LogP contribution is -2.43. The molecular weight excluding hydrogens is 364 g/mol. The molecule has 0 N–H and O–H groups in total. The normalized spacial score (nSPS) is 25.0. The molecule has 0 aromatic heterocycles. The molecule has 0 saturated carbocycles. The highest BCUT2D eigenvalue weighted by Gasteiger charge is 2.38. The zero-order chi connectivity index (χ0) is 21.0. The van der Waals surface area contributed by atoms with Crippen molar-refractivity contribution in [3.8, 4) is 0 Å². The molecule has 2 atom stereocenters. The van der Waals surface area contributed by atoms with Gasteiger partial charge in [-0.3, -0.25) is 4.79 Å². The zero-order valence-corrected chi connectivity index (χ0v) is 20.5. The monoisotopic (exact) mass is 410 g/mol. The van der Waals surface area contributed by atoms with Gasteiger partial charge < -0.3 is 9.16 Å². The Balaban J connectivity index is 2.65. The van der Waals surface area contributed by atoms with E-state index in [0.717, 1.165) is 44.9 Å². The Kier molecular flexibility index (Phi) is 11.7. The molecule has 0 aromatic carbocycles. The minimum atomic E-state index is -1.75. The van der Waals surface area contributed by atoms with Gasteiger partial charge in [0.2, 0.25) is 0 Å². The van der Waals surface area contributed by atoms with Crippen molar-refractivity contribution in [1.82, 2.24) is 0 Å². The zero-order valence-electron chi connectivity index (χ0n) is 19.5. The fourth-order valence-electron chi connectivity index (χ4n) is 3.44. The molecule has 0 aromatic rings. The van der Waals surface area contributed by atoms with Gasteiger partial charge in [-0.2, -0.15) is 0 Å². The first-order valence-electron chi connectivity index (χ1n) is 11.7. The van der Waals surface area contributed by atoms with E-state index in [-0.39, 0.29) is 17.1 Å². The van der Waals surface area contributed by atoms with Gasteiger partial charge in [0, 0.05) is 12.5 Å². The molecule has 1 aliphatic heterocycles. The number of rotatable bonds is 6. The van der Waals surface area contributed by atoms with Crippen LogP contribution in [0.5, 0.6) is 0 Å². The third-order valence-electron chi connectivity index (χ3n) is 6.33. The molecule has 1 heterocycles. The molecule has 4 heteroatoms. The fraction of sp³-hybridized carbons (Fsp3) is 0.875. The highest BCUT2D eigenvalue weighted by molar-refractivity contribution is 6.74. The second-order valence-corrected chi connectivity index (χ2v) is 14.7. The van der Waals surface area contributed by atoms with E-state index in [0.29, 0.717) is 12.5 Å². The summed E-state index contributed by atoms with van der Waals surface area (Å²) in [5, 5.41) is 0.241. The molecule has 1 rings (SSSR count). The van der Waals surface area contributed by atoms with Crippen LogP contribution >= 0.6 is 0 Å². The van der Waals surface area contributed by atoms with E-state index in [1.54, 1.807) is 0 Å². The van der Waals surface area contributed by atoms with Crippen LogP contribution in [0.4, 0.5) is 0 Å². The van der Waals surface area contributed by atoms with Gasteiger partial charge in [-0.1, -0.05) is 65.5 Å². The number of esters is 1. The van der Waals surface area contributed by atoms with Gasteiger partial charge in [0.25, 0.3) is 0 Å². The maximum atomic E-state index is 12.2. The number of hydrogen-bond acceptors (Lipinski definition) is 3. The predicted molar refractivity (Wildman–Crippen MR) is 122 cm³/mol. The summed E-state index contributed by atoms with van der Waals surface area (Å²) in [4.78, 5) is 12.2. The van der Waals surface area contributed by atoms with Crippen molar-refractivity contribution < 1.29 is 14.0 Å². The third kappa shape index (κ3) is 10.2. The summed E-state index contributed by atoms with van der Waals surface area (Å²) in [5.41, 5.74) is 0. The second kappa shape index (κ2) is 12.8. The van der Waals surface area contributed by atoms with Gasteiger partial charge in [-0.25, -0.2) is 0 Å². The number of carbonyl (C=O) groups is 1. The lowest BCUT2D eigenvalue weighted by atomic mass is 10.0. The van der Waals surface area contributed by atoms with Gasteiger partial charge in [-0.15, -0.1) is 0 Å². The molecule has 164 valence electrons. The van der Waals surface area contributed by atoms with Gasteiger partial charge in [0.1, 0.15) is 6.10 Å². The first-order valence-corrected chi connectivity index (χ1v) is 14.6. The largest absolute Gasteiger partial charge is 0.462 e. The van der Waals surface area contributed by atoms with E-state index in [2.05, 4.69) is 52.9 Å². The van der Waals surface area contributed by atoms with E-state index in [1.165, 1.54) is 25.7 Å². The number of ether oxygens (including phenoxy) is 1. The van der Waals surface area contributed by atoms with Crippen molar-refractivity contribution in [3.63, 3.8) is 0 Å². The second-order valence-electron chi connectivity index (χ2n) is 9.99. The summed E-state index contributed by atoms with van der Waals surface area (Å²) >= 11 is 0. The van der Waals surface area contributed by atoms with E-state index in [4.69, 9.17) is 9.16 Å².